The van der Waals surface area contributed by atoms with Crippen molar-refractivity contribution in [2.24, 2.45) is 13.0 Å². The van der Waals surface area contributed by atoms with Gasteiger partial charge < -0.3 is 9.30 Å². The highest BCUT2D eigenvalue weighted by Crippen LogP contribution is 2.40. The van der Waals surface area contributed by atoms with Gasteiger partial charge in [-0.25, -0.2) is 13.8 Å². The van der Waals surface area contributed by atoms with Gasteiger partial charge in [0, 0.05) is 30.9 Å². The number of aryl methyl sites for hydroxylation is 2. The van der Waals surface area contributed by atoms with Crippen molar-refractivity contribution in [1.29, 1.82) is 0 Å². The van der Waals surface area contributed by atoms with Crippen molar-refractivity contribution in [3.63, 3.8) is 0 Å². The number of rotatable bonds is 6. The summed E-state index contributed by atoms with van der Waals surface area (Å²) >= 11 is 0. The molecule has 1 aliphatic carbocycles. The molecule has 1 fully saturated rings. The van der Waals surface area contributed by atoms with Gasteiger partial charge in [0.05, 0.1) is 35.6 Å². The molecular formula is C22H20F2N6O. The molecule has 5 rings (SSSR count). The molecule has 31 heavy (non-hydrogen) atoms. The number of nitrogens with one attached hydrogen (secondary N) is 1. The second-order valence-corrected chi connectivity index (χ2v) is 7.76. The van der Waals surface area contributed by atoms with E-state index in [0.29, 0.717) is 35.3 Å². The van der Waals surface area contributed by atoms with Crippen LogP contribution in [-0.2, 0) is 7.05 Å². The summed E-state index contributed by atoms with van der Waals surface area (Å²) in [6.07, 6.45) is 5.36. The Morgan fingerprint density at radius 3 is 2.71 bits per heavy atom. The van der Waals surface area contributed by atoms with E-state index in [1.165, 1.54) is 6.07 Å². The van der Waals surface area contributed by atoms with Gasteiger partial charge in [0.2, 0.25) is 0 Å². The molecule has 0 aliphatic heterocycles. The number of nitrogens with zero attached hydrogens (tertiary/aromatic N) is 5. The predicted octanol–water partition coefficient (Wildman–Crippen LogP) is 4.31. The largest absolute Gasteiger partial charge is 0.492 e. The monoisotopic (exact) mass is 422 g/mol. The molecule has 3 heterocycles. The standard InChI is InChI=1S/C22H20F2N6O/c1-12-20(28-29-27-12)14-5-6-25-17(7-14)21-22(30(2)11-26-21)19-16(24)8-15(23)9-18(19)31-10-13-3-4-13/h5-9,11,13H,3-4,10H2,1-2H3,(H,27,28,29). The van der Waals surface area contributed by atoms with Gasteiger partial charge in [-0.1, -0.05) is 0 Å². The molecule has 0 radical (unpaired) electrons. The SMILES string of the molecule is Cc1n[nH]nc1-c1ccnc(-c2ncn(C)c2-c2c(F)cc(F)cc2OCC2CC2)c1. The first-order valence-electron chi connectivity index (χ1n) is 9.99. The fraction of sp³-hybridized carbons (Fsp3) is 0.273. The van der Waals surface area contributed by atoms with Crippen LogP contribution < -0.4 is 4.74 Å². The molecule has 0 unspecified atom stereocenters. The number of H-pyrrole nitrogens is 1. The van der Waals surface area contributed by atoms with Crippen molar-refractivity contribution >= 4 is 0 Å². The highest BCUT2D eigenvalue weighted by molar-refractivity contribution is 5.82. The van der Waals surface area contributed by atoms with Crippen LogP contribution in [0.1, 0.15) is 18.5 Å². The molecule has 1 saturated carbocycles. The fourth-order valence-electron chi connectivity index (χ4n) is 3.56. The number of halogens is 2. The molecule has 9 heteroatoms. The molecule has 0 amide bonds. The number of aromatic amines is 1. The summed E-state index contributed by atoms with van der Waals surface area (Å²) in [7, 11) is 1.75. The normalized spacial score (nSPS) is 13.5. The van der Waals surface area contributed by atoms with Crippen LogP contribution in [0.2, 0.25) is 0 Å². The number of aromatic nitrogens is 6. The zero-order valence-corrected chi connectivity index (χ0v) is 17.1. The summed E-state index contributed by atoms with van der Waals surface area (Å²) in [5, 5.41) is 10.8. The third-order valence-corrected chi connectivity index (χ3v) is 5.36. The van der Waals surface area contributed by atoms with E-state index in [1.54, 1.807) is 24.1 Å². The van der Waals surface area contributed by atoms with Crippen LogP contribution in [-0.4, -0.2) is 36.6 Å². The van der Waals surface area contributed by atoms with Crippen molar-refractivity contribution in [2.75, 3.05) is 6.61 Å². The zero-order valence-electron chi connectivity index (χ0n) is 17.1. The number of ether oxygens (including phenoxy) is 1. The molecule has 1 aliphatic rings. The van der Waals surface area contributed by atoms with E-state index in [1.807, 2.05) is 19.1 Å². The van der Waals surface area contributed by atoms with E-state index in [2.05, 4.69) is 25.4 Å². The molecule has 1 aromatic carbocycles. The summed E-state index contributed by atoms with van der Waals surface area (Å²) in [5.74, 6) is -0.788. The van der Waals surface area contributed by atoms with E-state index >= 15 is 4.39 Å². The molecule has 0 saturated heterocycles. The van der Waals surface area contributed by atoms with Gasteiger partial charge in [-0.2, -0.15) is 15.4 Å². The van der Waals surface area contributed by atoms with Gasteiger partial charge in [0.25, 0.3) is 0 Å². The fourth-order valence-corrected chi connectivity index (χ4v) is 3.56. The van der Waals surface area contributed by atoms with E-state index in [-0.39, 0.29) is 11.3 Å². The molecular weight excluding hydrogens is 402 g/mol. The molecule has 4 aromatic rings. The van der Waals surface area contributed by atoms with Crippen molar-refractivity contribution in [2.45, 2.75) is 19.8 Å². The minimum Gasteiger partial charge on any atom is -0.492 e. The van der Waals surface area contributed by atoms with Crippen LogP contribution in [0.5, 0.6) is 5.75 Å². The number of pyridine rings is 1. The number of hydrogen-bond donors (Lipinski definition) is 1. The molecule has 7 nitrogen and oxygen atoms in total. The van der Waals surface area contributed by atoms with E-state index in [9.17, 15) is 4.39 Å². The maximum Gasteiger partial charge on any atom is 0.139 e. The van der Waals surface area contributed by atoms with E-state index in [0.717, 1.165) is 30.2 Å². The molecule has 158 valence electrons. The first-order valence-corrected chi connectivity index (χ1v) is 9.99. The van der Waals surface area contributed by atoms with Gasteiger partial charge in [-0.05, 0) is 37.8 Å². The molecule has 3 aromatic heterocycles. The Labute approximate surface area is 177 Å². The second-order valence-electron chi connectivity index (χ2n) is 7.76. The van der Waals surface area contributed by atoms with Crippen molar-refractivity contribution in [3.05, 3.63) is 54.1 Å². The van der Waals surface area contributed by atoms with Gasteiger partial charge in [-0.3, -0.25) is 4.98 Å². The van der Waals surface area contributed by atoms with Gasteiger partial charge >= 0.3 is 0 Å². The lowest BCUT2D eigenvalue weighted by molar-refractivity contribution is 0.298. The van der Waals surface area contributed by atoms with Crippen molar-refractivity contribution in [1.82, 2.24) is 29.9 Å². The summed E-state index contributed by atoms with van der Waals surface area (Å²) in [5.41, 5.74) is 3.88. The maximum absolute atomic E-state index is 15.0. The van der Waals surface area contributed by atoms with Crippen LogP contribution in [0.4, 0.5) is 8.78 Å². The Kier molecular flexibility index (Phi) is 4.72. The smallest absolute Gasteiger partial charge is 0.139 e. The number of hydrogen-bond acceptors (Lipinski definition) is 5. The molecule has 1 N–H and O–H groups in total. The first-order chi connectivity index (χ1) is 15.0. The Morgan fingerprint density at radius 2 is 1.97 bits per heavy atom. The lowest BCUT2D eigenvalue weighted by Gasteiger charge is -2.14. The zero-order chi connectivity index (χ0) is 21.5. The third kappa shape index (κ3) is 3.67. The Balaban J connectivity index is 1.63. The van der Waals surface area contributed by atoms with Gasteiger partial charge in [-0.15, -0.1) is 0 Å². The average Bonchev–Trinajstić information content (AvgIpc) is 3.36. The lowest BCUT2D eigenvalue weighted by Crippen LogP contribution is -2.04. The highest BCUT2D eigenvalue weighted by atomic mass is 19.1. The van der Waals surface area contributed by atoms with Crippen LogP contribution in [0, 0.1) is 24.5 Å². The van der Waals surface area contributed by atoms with E-state index < -0.39 is 11.6 Å². The van der Waals surface area contributed by atoms with Crippen LogP contribution in [0.25, 0.3) is 33.9 Å². The minimum atomic E-state index is -0.709. The van der Waals surface area contributed by atoms with Gasteiger partial charge in [0.1, 0.15) is 28.8 Å². The summed E-state index contributed by atoms with van der Waals surface area (Å²) in [6, 6.07) is 5.72. The second kappa shape index (κ2) is 7.57. The number of benzene rings is 1. The Bertz CT molecular complexity index is 1260. The first kappa shape index (κ1) is 19.3. The topological polar surface area (TPSA) is 81.5 Å². The van der Waals surface area contributed by atoms with Crippen molar-refractivity contribution < 1.29 is 13.5 Å². The molecule has 0 bridgehead atoms. The van der Waals surface area contributed by atoms with Gasteiger partial charge in [0.15, 0.2) is 0 Å². The predicted molar refractivity (Wildman–Crippen MR) is 110 cm³/mol. The third-order valence-electron chi connectivity index (χ3n) is 5.36. The molecule has 0 atom stereocenters. The Morgan fingerprint density at radius 1 is 1.13 bits per heavy atom. The van der Waals surface area contributed by atoms with Crippen molar-refractivity contribution in [3.8, 4) is 39.7 Å². The van der Waals surface area contributed by atoms with Crippen LogP contribution in [0.3, 0.4) is 0 Å². The lowest BCUT2D eigenvalue weighted by atomic mass is 10.0. The average molecular weight is 422 g/mol. The maximum atomic E-state index is 15.0. The summed E-state index contributed by atoms with van der Waals surface area (Å²) in [4.78, 5) is 8.90. The highest BCUT2D eigenvalue weighted by Gasteiger charge is 2.26. The Hall–Kier alpha value is -3.62. The summed E-state index contributed by atoms with van der Waals surface area (Å²) in [6.45, 7) is 2.28. The van der Waals surface area contributed by atoms with Crippen LogP contribution in [0.15, 0.2) is 36.8 Å². The minimum absolute atomic E-state index is 0.165. The summed E-state index contributed by atoms with van der Waals surface area (Å²) < 4.78 is 36.5. The van der Waals surface area contributed by atoms with E-state index in [4.69, 9.17) is 4.74 Å². The van der Waals surface area contributed by atoms with Crippen LogP contribution >= 0.6 is 0 Å². The quantitative estimate of drug-likeness (QED) is 0.501. The molecule has 0 spiro atoms. The number of imidazole rings is 1.